The molecule has 0 aromatic heterocycles. The van der Waals surface area contributed by atoms with Gasteiger partial charge in [-0.3, -0.25) is 0 Å². The van der Waals surface area contributed by atoms with E-state index in [0.717, 1.165) is 12.1 Å². The largest absolute Gasteiger partial charge is 0.508 e. The maximum absolute atomic E-state index is 12.6. The predicted molar refractivity (Wildman–Crippen MR) is 43.4 cm³/mol. The summed E-state index contributed by atoms with van der Waals surface area (Å²) < 4.78 is 25.1. The summed E-state index contributed by atoms with van der Waals surface area (Å²) in [5.74, 6) is -2.32. The summed E-state index contributed by atoms with van der Waals surface area (Å²) >= 11 is 0. The number of aryl methyl sites for hydroxylation is 1. The molecule has 0 radical (unpaired) electrons. The van der Waals surface area contributed by atoms with E-state index in [9.17, 15) is 8.78 Å². The number of aliphatic hydroxyl groups excluding tert-OH is 1. The van der Waals surface area contributed by atoms with Crippen LogP contribution in [-0.4, -0.2) is 16.8 Å². The lowest BCUT2D eigenvalue weighted by Crippen LogP contribution is -1.93. The van der Waals surface area contributed by atoms with Crippen LogP contribution in [0.25, 0.3) is 0 Å². The molecule has 0 aliphatic heterocycles. The fraction of sp³-hybridized carbons (Fsp3) is 0.333. The Morgan fingerprint density at radius 1 is 1.15 bits per heavy atom. The zero-order valence-corrected chi connectivity index (χ0v) is 6.93. The number of rotatable bonds is 3. The number of phenolic OH excluding ortho intramolecular Hbond substituents is 1. The normalized spacial score (nSPS) is 10.4. The fourth-order valence-electron chi connectivity index (χ4n) is 1.05. The van der Waals surface area contributed by atoms with Crippen molar-refractivity contribution in [2.75, 3.05) is 6.61 Å². The van der Waals surface area contributed by atoms with Gasteiger partial charge in [0.2, 0.25) is 0 Å². The van der Waals surface area contributed by atoms with E-state index in [-0.39, 0.29) is 12.4 Å². The molecular weight excluding hydrogens is 178 g/mol. The van der Waals surface area contributed by atoms with Crippen molar-refractivity contribution in [2.24, 2.45) is 0 Å². The van der Waals surface area contributed by atoms with Crippen LogP contribution in [0.2, 0.25) is 0 Å². The summed E-state index contributed by atoms with van der Waals surface area (Å²) in [4.78, 5) is 0. The Morgan fingerprint density at radius 2 is 1.77 bits per heavy atom. The van der Waals surface area contributed by atoms with E-state index < -0.39 is 11.6 Å². The van der Waals surface area contributed by atoms with Gasteiger partial charge >= 0.3 is 0 Å². The molecule has 0 saturated carbocycles. The molecule has 13 heavy (non-hydrogen) atoms. The monoisotopic (exact) mass is 188 g/mol. The quantitative estimate of drug-likeness (QED) is 0.756. The summed E-state index contributed by atoms with van der Waals surface area (Å²) in [6.07, 6.45) is 0.748. The molecule has 0 heterocycles. The highest BCUT2D eigenvalue weighted by atomic mass is 19.2. The second-order valence-corrected chi connectivity index (χ2v) is 2.72. The van der Waals surface area contributed by atoms with Crippen LogP contribution in [0.3, 0.4) is 0 Å². The zero-order valence-electron chi connectivity index (χ0n) is 6.93. The molecule has 0 aliphatic carbocycles. The van der Waals surface area contributed by atoms with Crippen molar-refractivity contribution in [2.45, 2.75) is 12.8 Å². The van der Waals surface area contributed by atoms with Crippen LogP contribution in [0.1, 0.15) is 12.0 Å². The number of aliphatic hydroxyl groups is 1. The topological polar surface area (TPSA) is 40.5 Å². The van der Waals surface area contributed by atoms with Crippen molar-refractivity contribution in [1.82, 2.24) is 0 Å². The molecule has 0 bridgehead atoms. The molecule has 0 spiro atoms. The molecule has 4 heteroatoms. The predicted octanol–water partition coefficient (Wildman–Crippen LogP) is 1.60. The van der Waals surface area contributed by atoms with Gasteiger partial charge in [0, 0.05) is 12.7 Å². The maximum atomic E-state index is 12.6. The number of halogens is 2. The first-order valence-corrected chi connectivity index (χ1v) is 3.93. The Bertz CT molecular complexity index is 300. The number of benzene rings is 1. The first-order chi connectivity index (χ1) is 6.15. The third kappa shape index (κ3) is 2.39. The highest BCUT2D eigenvalue weighted by Crippen LogP contribution is 2.21. The Hall–Kier alpha value is -1.16. The van der Waals surface area contributed by atoms with Crippen molar-refractivity contribution >= 4 is 0 Å². The van der Waals surface area contributed by atoms with Crippen LogP contribution in [0.4, 0.5) is 8.78 Å². The molecule has 2 N–H and O–H groups in total. The standard InChI is InChI=1S/C9H10F2O2/c10-7-4-6(2-1-3-12)9(13)5-8(7)11/h4-5,12-13H,1-3H2. The molecule has 0 amide bonds. The Balaban J connectivity index is 2.88. The fourth-order valence-corrected chi connectivity index (χ4v) is 1.05. The van der Waals surface area contributed by atoms with Gasteiger partial charge in [-0.15, -0.1) is 0 Å². The van der Waals surface area contributed by atoms with E-state index in [1.807, 2.05) is 0 Å². The van der Waals surface area contributed by atoms with E-state index in [1.165, 1.54) is 0 Å². The third-order valence-electron chi connectivity index (χ3n) is 1.73. The van der Waals surface area contributed by atoms with Gasteiger partial charge in [-0.25, -0.2) is 8.78 Å². The maximum Gasteiger partial charge on any atom is 0.162 e. The van der Waals surface area contributed by atoms with Gasteiger partial charge in [0.05, 0.1) is 0 Å². The lowest BCUT2D eigenvalue weighted by molar-refractivity contribution is 0.288. The van der Waals surface area contributed by atoms with Crippen LogP contribution in [0, 0.1) is 11.6 Å². The highest BCUT2D eigenvalue weighted by Gasteiger charge is 2.08. The summed E-state index contributed by atoms with van der Waals surface area (Å²) in [7, 11) is 0. The highest BCUT2D eigenvalue weighted by molar-refractivity contribution is 5.33. The minimum Gasteiger partial charge on any atom is -0.508 e. The Morgan fingerprint density at radius 3 is 2.38 bits per heavy atom. The van der Waals surface area contributed by atoms with Crippen molar-refractivity contribution in [3.05, 3.63) is 29.3 Å². The smallest absolute Gasteiger partial charge is 0.162 e. The molecule has 1 aromatic rings. The van der Waals surface area contributed by atoms with Gasteiger partial charge in [-0.05, 0) is 24.5 Å². The van der Waals surface area contributed by atoms with Gasteiger partial charge in [-0.1, -0.05) is 0 Å². The second-order valence-electron chi connectivity index (χ2n) is 2.72. The molecule has 1 rings (SSSR count). The molecule has 0 atom stereocenters. The minimum absolute atomic E-state index is 0.0432. The summed E-state index contributed by atoms with van der Waals surface area (Å²) in [6, 6.07) is 1.68. The SMILES string of the molecule is OCCCc1cc(F)c(F)cc1O. The molecular formula is C9H10F2O2. The van der Waals surface area contributed by atoms with E-state index in [4.69, 9.17) is 10.2 Å². The molecule has 0 saturated heterocycles. The minimum atomic E-state index is -1.06. The van der Waals surface area contributed by atoms with E-state index in [1.54, 1.807) is 0 Å². The summed E-state index contributed by atoms with van der Waals surface area (Å²) in [6.45, 7) is -0.0432. The third-order valence-corrected chi connectivity index (χ3v) is 1.73. The zero-order chi connectivity index (χ0) is 9.84. The Labute approximate surface area is 74.4 Å². The van der Waals surface area contributed by atoms with Crippen molar-refractivity contribution in [1.29, 1.82) is 0 Å². The van der Waals surface area contributed by atoms with Gasteiger partial charge < -0.3 is 10.2 Å². The second kappa shape index (κ2) is 4.18. The van der Waals surface area contributed by atoms with E-state index >= 15 is 0 Å². The first-order valence-electron chi connectivity index (χ1n) is 3.93. The van der Waals surface area contributed by atoms with Crippen LogP contribution in [0.15, 0.2) is 12.1 Å². The molecule has 0 unspecified atom stereocenters. The van der Waals surface area contributed by atoms with Gasteiger partial charge in [0.1, 0.15) is 5.75 Å². The van der Waals surface area contributed by atoms with Gasteiger partial charge in [0.25, 0.3) is 0 Å². The first kappa shape index (κ1) is 9.92. The van der Waals surface area contributed by atoms with E-state index in [0.29, 0.717) is 18.4 Å². The van der Waals surface area contributed by atoms with Crippen LogP contribution in [-0.2, 0) is 6.42 Å². The van der Waals surface area contributed by atoms with Crippen molar-refractivity contribution < 1.29 is 19.0 Å². The Kier molecular flexibility index (Phi) is 3.19. The van der Waals surface area contributed by atoms with E-state index in [2.05, 4.69) is 0 Å². The molecule has 2 nitrogen and oxygen atoms in total. The van der Waals surface area contributed by atoms with Crippen LogP contribution in [0.5, 0.6) is 5.75 Å². The number of phenols is 1. The molecule has 0 aliphatic rings. The van der Waals surface area contributed by atoms with Gasteiger partial charge in [-0.2, -0.15) is 0 Å². The number of hydrogen-bond donors (Lipinski definition) is 2. The summed E-state index contributed by atoms with van der Waals surface area (Å²) in [5.41, 5.74) is 0.313. The number of hydrogen-bond acceptors (Lipinski definition) is 2. The van der Waals surface area contributed by atoms with Crippen molar-refractivity contribution in [3.63, 3.8) is 0 Å². The lowest BCUT2D eigenvalue weighted by Gasteiger charge is -2.03. The molecule has 72 valence electrons. The van der Waals surface area contributed by atoms with Gasteiger partial charge in [0.15, 0.2) is 11.6 Å². The molecule has 0 fully saturated rings. The average Bonchev–Trinajstić information content (AvgIpc) is 2.09. The molecule has 1 aromatic carbocycles. The van der Waals surface area contributed by atoms with Crippen LogP contribution < -0.4 is 0 Å². The number of aromatic hydroxyl groups is 1. The van der Waals surface area contributed by atoms with Crippen molar-refractivity contribution in [3.8, 4) is 5.75 Å². The van der Waals surface area contributed by atoms with Crippen LogP contribution >= 0.6 is 0 Å². The lowest BCUT2D eigenvalue weighted by atomic mass is 10.1. The summed E-state index contributed by atoms with van der Waals surface area (Å²) in [5, 5.41) is 17.6. The average molecular weight is 188 g/mol.